The average Bonchev–Trinajstić information content (AvgIpc) is 2.16. The van der Waals surface area contributed by atoms with Gasteiger partial charge < -0.3 is 10.6 Å². The molecule has 0 aliphatic heterocycles. The lowest BCUT2D eigenvalue weighted by Crippen LogP contribution is -2.37. The second-order valence-corrected chi connectivity index (χ2v) is 4.80. The number of hydrogen-bond donors (Lipinski definition) is 2. The highest BCUT2D eigenvalue weighted by Crippen LogP contribution is 2.12. The van der Waals surface area contributed by atoms with Crippen LogP contribution >= 0.6 is 0 Å². The minimum absolute atomic E-state index is 0.0190. The molecule has 0 amide bonds. The van der Waals surface area contributed by atoms with Crippen molar-refractivity contribution in [3.63, 3.8) is 0 Å². The monoisotopic (exact) mass is 216 g/mol. The molecule has 0 heterocycles. The first-order chi connectivity index (χ1) is 7.40. The van der Waals surface area contributed by atoms with Crippen LogP contribution in [0.15, 0.2) is 43.2 Å². The Bertz CT molecular complexity index is 369. The highest BCUT2D eigenvalue weighted by molar-refractivity contribution is 5.55. The second kappa shape index (κ2) is 4.88. The van der Waals surface area contributed by atoms with Crippen LogP contribution in [-0.2, 0) is 0 Å². The van der Waals surface area contributed by atoms with E-state index in [1.54, 1.807) is 0 Å². The fourth-order valence-electron chi connectivity index (χ4n) is 1.36. The third kappa shape index (κ3) is 4.22. The standard InChI is InChI=1S/C14H20N2/c1-6-12-7-9-13(10-8-12)15-11(2)16-14(3,4)5/h6-10,15-16H,1-2H2,3-5H3. The smallest absolute Gasteiger partial charge is 0.0961 e. The molecule has 1 rings (SSSR count). The third-order valence-electron chi connectivity index (χ3n) is 1.97. The molecule has 0 fully saturated rings. The minimum atomic E-state index is 0.0190. The first kappa shape index (κ1) is 12.4. The largest absolute Gasteiger partial charge is 0.368 e. The van der Waals surface area contributed by atoms with Gasteiger partial charge in [0.15, 0.2) is 0 Å². The van der Waals surface area contributed by atoms with Crippen LogP contribution < -0.4 is 10.6 Å². The Morgan fingerprint density at radius 3 is 2.19 bits per heavy atom. The van der Waals surface area contributed by atoms with Crippen molar-refractivity contribution in [2.45, 2.75) is 26.3 Å². The second-order valence-electron chi connectivity index (χ2n) is 4.80. The fraction of sp³-hybridized carbons (Fsp3) is 0.286. The van der Waals surface area contributed by atoms with Crippen LogP contribution in [0, 0.1) is 0 Å². The molecule has 0 unspecified atom stereocenters. The molecule has 1 aromatic rings. The lowest BCUT2D eigenvalue weighted by Gasteiger charge is -2.24. The van der Waals surface area contributed by atoms with Gasteiger partial charge >= 0.3 is 0 Å². The molecule has 16 heavy (non-hydrogen) atoms. The minimum Gasteiger partial charge on any atom is -0.368 e. The summed E-state index contributed by atoms with van der Waals surface area (Å²) in [5.41, 5.74) is 2.15. The average molecular weight is 216 g/mol. The van der Waals surface area contributed by atoms with Crippen LogP contribution in [0.25, 0.3) is 6.08 Å². The molecule has 0 atom stereocenters. The Labute approximate surface area is 98.1 Å². The van der Waals surface area contributed by atoms with E-state index in [9.17, 15) is 0 Å². The maximum atomic E-state index is 3.94. The summed E-state index contributed by atoms with van der Waals surface area (Å²) in [7, 11) is 0. The Balaban J connectivity index is 2.59. The molecule has 2 nitrogen and oxygen atoms in total. The van der Waals surface area contributed by atoms with Crippen LogP contribution in [0.2, 0.25) is 0 Å². The Kier molecular flexibility index (Phi) is 3.78. The molecule has 0 radical (unpaired) electrons. The van der Waals surface area contributed by atoms with E-state index in [0.717, 1.165) is 17.1 Å². The van der Waals surface area contributed by atoms with Gasteiger partial charge in [-0.25, -0.2) is 0 Å². The van der Waals surface area contributed by atoms with Gasteiger partial charge in [0.05, 0.1) is 5.82 Å². The topological polar surface area (TPSA) is 24.1 Å². The van der Waals surface area contributed by atoms with Gasteiger partial charge in [-0.05, 0) is 38.5 Å². The van der Waals surface area contributed by atoms with Gasteiger partial charge in [0.25, 0.3) is 0 Å². The van der Waals surface area contributed by atoms with Crippen molar-refractivity contribution in [3.8, 4) is 0 Å². The van der Waals surface area contributed by atoms with Crippen LogP contribution in [0.4, 0.5) is 5.69 Å². The molecule has 1 aromatic carbocycles. The summed E-state index contributed by atoms with van der Waals surface area (Å²) in [5.74, 6) is 0.804. The highest BCUT2D eigenvalue weighted by atomic mass is 15.1. The Morgan fingerprint density at radius 1 is 1.19 bits per heavy atom. The van der Waals surface area contributed by atoms with Crippen molar-refractivity contribution in [3.05, 3.63) is 48.8 Å². The van der Waals surface area contributed by atoms with Crippen molar-refractivity contribution >= 4 is 11.8 Å². The van der Waals surface area contributed by atoms with Crippen molar-refractivity contribution in [2.24, 2.45) is 0 Å². The molecule has 0 aliphatic carbocycles. The maximum absolute atomic E-state index is 3.94. The highest BCUT2D eigenvalue weighted by Gasteiger charge is 2.09. The summed E-state index contributed by atoms with van der Waals surface area (Å²) >= 11 is 0. The Hall–Kier alpha value is -1.70. The van der Waals surface area contributed by atoms with E-state index in [2.05, 4.69) is 44.6 Å². The number of rotatable bonds is 4. The summed E-state index contributed by atoms with van der Waals surface area (Å²) < 4.78 is 0. The molecule has 0 aliphatic rings. The van der Waals surface area contributed by atoms with E-state index in [4.69, 9.17) is 0 Å². The molecular formula is C14H20N2. The van der Waals surface area contributed by atoms with E-state index in [0.29, 0.717) is 0 Å². The van der Waals surface area contributed by atoms with Crippen LogP contribution in [0.3, 0.4) is 0 Å². The lowest BCUT2D eigenvalue weighted by molar-refractivity contribution is 0.476. The predicted molar refractivity (Wildman–Crippen MR) is 72.2 cm³/mol. The summed E-state index contributed by atoms with van der Waals surface area (Å²) in [6.45, 7) is 13.9. The first-order valence-corrected chi connectivity index (χ1v) is 5.37. The number of anilines is 1. The number of benzene rings is 1. The van der Waals surface area contributed by atoms with Crippen molar-refractivity contribution in [2.75, 3.05) is 5.32 Å². The molecule has 0 spiro atoms. The fourth-order valence-corrected chi connectivity index (χ4v) is 1.36. The van der Waals surface area contributed by atoms with Crippen LogP contribution in [0.5, 0.6) is 0 Å². The maximum Gasteiger partial charge on any atom is 0.0961 e. The Morgan fingerprint density at radius 2 is 1.75 bits per heavy atom. The first-order valence-electron chi connectivity index (χ1n) is 5.37. The van der Waals surface area contributed by atoms with E-state index < -0.39 is 0 Å². The summed E-state index contributed by atoms with van der Waals surface area (Å²) in [6, 6.07) is 8.04. The van der Waals surface area contributed by atoms with Gasteiger partial charge in [0.1, 0.15) is 0 Å². The van der Waals surface area contributed by atoms with E-state index in [1.807, 2.05) is 30.3 Å². The van der Waals surface area contributed by atoms with Crippen LogP contribution in [0.1, 0.15) is 26.3 Å². The zero-order chi connectivity index (χ0) is 12.2. The van der Waals surface area contributed by atoms with E-state index >= 15 is 0 Å². The third-order valence-corrected chi connectivity index (χ3v) is 1.97. The SMILES string of the molecule is C=Cc1ccc(NC(=C)NC(C)(C)C)cc1. The van der Waals surface area contributed by atoms with Gasteiger partial charge in [-0.15, -0.1) is 0 Å². The number of nitrogens with one attached hydrogen (secondary N) is 2. The van der Waals surface area contributed by atoms with Crippen molar-refractivity contribution < 1.29 is 0 Å². The molecular weight excluding hydrogens is 196 g/mol. The van der Waals surface area contributed by atoms with Gasteiger partial charge in [-0.3, -0.25) is 0 Å². The molecule has 0 aromatic heterocycles. The van der Waals surface area contributed by atoms with Crippen molar-refractivity contribution in [1.29, 1.82) is 0 Å². The number of hydrogen-bond acceptors (Lipinski definition) is 2. The van der Waals surface area contributed by atoms with E-state index in [-0.39, 0.29) is 5.54 Å². The molecule has 2 N–H and O–H groups in total. The quantitative estimate of drug-likeness (QED) is 0.803. The molecule has 2 heteroatoms. The van der Waals surface area contributed by atoms with Gasteiger partial charge in [-0.1, -0.05) is 31.4 Å². The summed E-state index contributed by atoms with van der Waals surface area (Å²) in [5, 5.41) is 6.48. The van der Waals surface area contributed by atoms with Gasteiger partial charge in [-0.2, -0.15) is 0 Å². The van der Waals surface area contributed by atoms with E-state index in [1.165, 1.54) is 0 Å². The molecule has 0 saturated heterocycles. The zero-order valence-electron chi connectivity index (χ0n) is 10.3. The molecule has 0 bridgehead atoms. The normalized spacial score (nSPS) is 10.7. The molecule has 0 saturated carbocycles. The summed E-state index contributed by atoms with van der Waals surface area (Å²) in [6.07, 6.45) is 1.83. The summed E-state index contributed by atoms with van der Waals surface area (Å²) in [4.78, 5) is 0. The van der Waals surface area contributed by atoms with Crippen molar-refractivity contribution in [1.82, 2.24) is 5.32 Å². The zero-order valence-corrected chi connectivity index (χ0v) is 10.3. The lowest BCUT2D eigenvalue weighted by atomic mass is 10.1. The van der Waals surface area contributed by atoms with Crippen LogP contribution in [-0.4, -0.2) is 5.54 Å². The predicted octanol–water partition coefficient (Wildman–Crippen LogP) is 3.60. The molecule has 86 valence electrons. The van der Waals surface area contributed by atoms with Gasteiger partial charge in [0.2, 0.25) is 0 Å². The van der Waals surface area contributed by atoms with Gasteiger partial charge in [0, 0.05) is 11.2 Å².